The first-order valence-electron chi connectivity index (χ1n) is 3.14. The summed E-state index contributed by atoms with van der Waals surface area (Å²) < 4.78 is 0.486. The summed E-state index contributed by atoms with van der Waals surface area (Å²) in [6, 6.07) is 3.26. The van der Waals surface area contributed by atoms with Gasteiger partial charge in [0.2, 0.25) is 0 Å². The normalized spacial score (nSPS) is 12.5. The molecule has 0 saturated heterocycles. The molecule has 0 unspecified atom stereocenters. The van der Waals surface area contributed by atoms with Crippen molar-refractivity contribution in [3.05, 3.63) is 28.5 Å². The lowest BCUT2D eigenvalue weighted by Gasteiger charge is -2.05. The minimum absolute atomic E-state index is 0.116. The predicted molar refractivity (Wildman–Crippen MR) is 44.5 cm³/mol. The number of carbonyl (C=O) groups is 1. The Kier molecular flexibility index (Phi) is 2.78. The Morgan fingerprint density at radius 1 is 1.67 bits per heavy atom. The largest absolute Gasteiger partial charge is 0.479 e. The lowest BCUT2D eigenvalue weighted by atomic mass is 10.2. The van der Waals surface area contributed by atoms with Crippen LogP contribution in [-0.4, -0.2) is 21.2 Å². The topological polar surface area (TPSA) is 70.4 Å². The van der Waals surface area contributed by atoms with E-state index in [9.17, 15) is 4.79 Å². The van der Waals surface area contributed by atoms with Crippen LogP contribution in [-0.2, 0) is 4.79 Å². The van der Waals surface area contributed by atoms with Gasteiger partial charge in [-0.25, -0.2) is 4.79 Å². The smallest absolute Gasteiger partial charge is 0.338 e. The number of aliphatic hydroxyl groups excluding tert-OH is 1. The Hall–Kier alpha value is -0.940. The molecule has 12 heavy (non-hydrogen) atoms. The van der Waals surface area contributed by atoms with E-state index in [1.54, 1.807) is 12.1 Å². The quantitative estimate of drug-likeness (QED) is 0.796. The fourth-order valence-electron chi connectivity index (χ4n) is 0.716. The van der Waals surface area contributed by atoms with Gasteiger partial charge in [0, 0.05) is 10.7 Å². The number of rotatable bonds is 2. The van der Waals surface area contributed by atoms with Crippen molar-refractivity contribution in [1.82, 2.24) is 4.98 Å². The highest BCUT2D eigenvalue weighted by molar-refractivity contribution is 9.10. The molecule has 1 atom stereocenters. The summed E-state index contributed by atoms with van der Waals surface area (Å²) in [4.78, 5) is 14.1. The van der Waals surface area contributed by atoms with E-state index in [0.717, 1.165) is 0 Å². The van der Waals surface area contributed by atoms with Crippen LogP contribution >= 0.6 is 15.9 Å². The molecule has 64 valence electrons. The highest BCUT2D eigenvalue weighted by atomic mass is 79.9. The van der Waals surface area contributed by atoms with E-state index in [-0.39, 0.29) is 5.69 Å². The maximum absolute atomic E-state index is 10.3. The third-order valence-electron chi connectivity index (χ3n) is 1.28. The van der Waals surface area contributed by atoms with Crippen LogP contribution in [0.1, 0.15) is 11.8 Å². The Morgan fingerprint density at radius 3 is 2.83 bits per heavy atom. The van der Waals surface area contributed by atoms with Gasteiger partial charge >= 0.3 is 5.97 Å². The fourth-order valence-corrected chi connectivity index (χ4v) is 1.19. The second-order valence-corrected chi connectivity index (χ2v) is 2.97. The van der Waals surface area contributed by atoms with Gasteiger partial charge in [-0.3, -0.25) is 4.98 Å². The van der Waals surface area contributed by atoms with E-state index < -0.39 is 12.1 Å². The summed E-state index contributed by atoms with van der Waals surface area (Å²) >= 11 is 3.08. The van der Waals surface area contributed by atoms with Crippen LogP contribution in [0.3, 0.4) is 0 Å². The number of aliphatic carboxylic acids is 1. The fraction of sp³-hybridized carbons (Fsp3) is 0.143. The maximum Gasteiger partial charge on any atom is 0.338 e. The third-order valence-corrected chi connectivity index (χ3v) is 1.95. The molecule has 2 N–H and O–H groups in total. The lowest BCUT2D eigenvalue weighted by Crippen LogP contribution is -2.12. The van der Waals surface area contributed by atoms with E-state index in [0.29, 0.717) is 4.47 Å². The molecule has 0 aromatic carbocycles. The number of carboxylic acid groups (broad SMARTS) is 1. The molecule has 1 rings (SSSR count). The number of hydrogen-bond donors (Lipinski definition) is 2. The molecule has 0 radical (unpaired) electrons. The molecule has 0 aliphatic carbocycles. The van der Waals surface area contributed by atoms with Crippen molar-refractivity contribution in [2.75, 3.05) is 0 Å². The highest BCUT2D eigenvalue weighted by Crippen LogP contribution is 2.20. The maximum atomic E-state index is 10.3. The zero-order chi connectivity index (χ0) is 9.14. The second kappa shape index (κ2) is 3.64. The summed E-state index contributed by atoms with van der Waals surface area (Å²) in [5, 5.41) is 17.5. The summed E-state index contributed by atoms with van der Waals surface area (Å²) in [6.07, 6.45) is -0.146. The van der Waals surface area contributed by atoms with Gasteiger partial charge in [-0.2, -0.15) is 0 Å². The Balaban J connectivity index is 3.02. The van der Waals surface area contributed by atoms with E-state index in [2.05, 4.69) is 20.9 Å². The molecule has 0 bridgehead atoms. The van der Waals surface area contributed by atoms with Crippen molar-refractivity contribution in [2.24, 2.45) is 0 Å². The highest BCUT2D eigenvalue weighted by Gasteiger charge is 2.19. The predicted octanol–water partition coefficient (Wildman–Crippen LogP) is 0.962. The summed E-state index contributed by atoms with van der Waals surface area (Å²) in [5.74, 6) is -1.31. The van der Waals surface area contributed by atoms with Crippen LogP contribution in [0.5, 0.6) is 0 Å². The van der Waals surface area contributed by atoms with E-state index in [1.165, 1.54) is 6.20 Å². The molecule has 0 spiro atoms. The van der Waals surface area contributed by atoms with Gasteiger partial charge in [-0.15, -0.1) is 0 Å². The van der Waals surface area contributed by atoms with Gasteiger partial charge in [-0.1, -0.05) is 0 Å². The van der Waals surface area contributed by atoms with Gasteiger partial charge in [0.25, 0.3) is 0 Å². The molecule has 0 fully saturated rings. The minimum Gasteiger partial charge on any atom is -0.479 e. The molecule has 0 aliphatic rings. The second-order valence-electron chi connectivity index (χ2n) is 2.11. The lowest BCUT2D eigenvalue weighted by molar-refractivity contribution is -0.147. The zero-order valence-corrected chi connectivity index (χ0v) is 7.52. The molecule has 1 aromatic rings. The van der Waals surface area contributed by atoms with Crippen molar-refractivity contribution in [2.45, 2.75) is 6.10 Å². The number of aliphatic hydroxyl groups is 1. The first kappa shape index (κ1) is 9.15. The van der Waals surface area contributed by atoms with Gasteiger partial charge in [-0.05, 0) is 28.1 Å². The van der Waals surface area contributed by atoms with Crippen LogP contribution in [0.4, 0.5) is 0 Å². The van der Waals surface area contributed by atoms with Crippen molar-refractivity contribution in [1.29, 1.82) is 0 Å². The van der Waals surface area contributed by atoms with Crippen LogP contribution in [0.25, 0.3) is 0 Å². The van der Waals surface area contributed by atoms with Crippen molar-refractivity contribution in [3.63, 3.8) is 0 Å². The molecule has 0 amide bonds. The minimum atomic E-state index is -1.57. The number of carboxylic acids is 1. The summed E-state index contributed by atoms with van der Waals surface area (Å²) in [6.45, 7) is 0. The molecule has 1 aromatic heterocycles. The molecule has 0 aliphatic heterocycles. The van der Waals surface area contributed by atoms with Crippen molar-refractivity contribution < 1.29 is 15.0 Å². The molecule has 1 heterocycles. The molecular weight excluding hydrogens is 226 g/mol. The monoisotopic (exact) mass is 231 g/mol. The van der Waals surface area contributed by atoms with Gasteiger partial charge in [0.1, 0.15) is 0 Å². The standard InChI is InChI=1S/C7H6BrNO3/c8-4-2-1-3-9-5(4)6(10)7(11)12/h1-3,6,10H,(H,11,12)/t6-/m1/s1. The number of aromatic nitrogens is 1. The van der Waals surface area contributed by atoms with E-state index >= 15 is 0 Å². The Labute approximate surface area is 77.0 Å². The van der Waals surface area contributed by atoms with Crippen LogP contribution in [0, 0.1) is 0 Å². The van der Waals surface area contributed by atoms with E-state index in [1.807, 2.05) is 0 Å². The van der Waals surface area contributed by atoms with Crippen LogP contribution in [0.15, 0.2) is 22.8 Å². The van der Waals surface area contributed by atoms with Crippen molar-refractivity contribution in [3.8, 4) is 0 Å². The zero-order valence-electron chi connectivity index (χ0n) is 5.94. The number of pyridine rings is 1. The average molecular weight is 232 g/mol. The van der Waals surface area contributed by atoms with Crippen molar-refractivity contribution >= 4 is 21.9 Å². The Bertz CT molecular complexity index is 302. The van der Waals surface area contributed by atoms with Crippen LogP contribution in [0.2, 0.25) is 0 Å². The molecule has 0 saturated carbocycles. The first-order valence-corrected chi connectivity index (χ1v) is 3.93. The number of nitrogens with zero attached hydrogens (tertiary/aromatic N) is 1. The number of hydrogen-bond acceptors (Lipinski definition) is 3. The number of halogens is 1. The molecule has 5 heteroatoms. The molecule has 4 nitrogen and oxygen atoms in total. The summed E-state index contributed by atoms with van der Waals surface area (Å²) in [5.41, 5.74) is 0.116. The van der Waals surface area contributed by atoms with Gasteiger partial charge in [0.05, 0.1) is 5.69 Å². The SMILES string of the molecule is O=C(O)[C@H](O)c1ncccc1Br. The Morgan fingerprint density at radius 2 is 2.33 bits per heavy atom. The average Bonchev–Trinajstić information content (AvgIpc) is 2.04. The van der Waals surface area contributed by atoms with Gasteiger partial charge in [0.15, 0.2) is 6.10 Å². The summed E-state index contributed by atoms with van der Waals surface area (Å²) in [7, 11) is 0. The molecular formula is C7H6BrNO3. The first-order chi connectivity index (χ1) is 5.63. The van der Waals surface area contributed by atoms with E-state index in [4.69, 9.17) is 10.2 Å². The van der Waals surface area contributed by atoms with Gasteiger partial charge < -0.3 is 10.2 Å². The van der Waals surface area contributed by atoms with Crippen LogP contribution < -0.4 is 0 Å². The third kappa shape index (κ3) is 1.80.